The summed E-state index contributed by atoms with van der Waals surface area (Å²) in [5.74, 6) is -0.201. The van der Waals surface area contributed by atoms with E-state index in [2.05, 4.69) is 0 Å². The summed E-state index contributed by atoms with van der Waals surface area (Å²) in [6.07, 6.45) is 0. The van der Waals surface area contributed by atoms with Crippen molar-refractivity contribution in [3.05, 3.63) is 36.4 Å². The number of rotatable bonds is 1. The molecule has 0 heterocycles. The van der Waals surface area contributed by atoms with Crippen molar-refractivity contribution in [3.8, 4) is 0 Å². The molecule has 1 aromatic rings. The molecule has 0 aromatic heterocycles. The second-order valence-electron chi connectivity index (χ2n) is 2.03. The summed E-state index contributed by atoms with van der Waals surface area (Å²) >= 11 is 0. The molecule has 70 valence electrons. The van der Waals surface area contributed by atoms with Crippen LogP contribution in [-0.2, 0) is 10.1 Å². The number of hydrogen-bond donors (Lipinski definition) is 1. The van der Waals surface area contributed by atoms with E-state index in [1.807, 2.05) is 36.4 Å². The zero-order valence-electron chi connectivity index (χ0n) is 8.84. The molecule has 1 aromatic carbocycles. The van der Waals surface area contributed by atoms with Gasteiger partial charge in [-0.3, -0.25) is 4.55 Å². The maximum Gasteiger partial charge on any atom is 1.00 e. The molecule has 5 heteroatoms. The molecule has 1 N–H and O–H groups in total. The Morgan fingerprint density at radius 1 is 1.08 bits per heavy atom. The van der Waals surface area contributed by atoms with E-state index in [9.17, 15) is 8.42 Å². The van der Waals surface area contributed by atoms with Gasteiger partial charge in [0.25, 0.3) is 10.1 Å². The van der Waals surface area contributed by atoms with Gasteiger partial charge in [0, 0.05) is 0 Å². The van der Waals surface area contributed by atoms with Crippen LogP contribution >= 0.6 is 0 Å². The molecule has 0 bridgehead atoms. The van der Waals surface area contributed by atoms with Gasteiger partial charge in [-0.2, -0.15) is 8.42 Å². The smallest absolute Gasteiger partial charge is 1.00 e. The minimum absolute atomic E-state index is 0. The van der Waals surface area contributed by atoms with Gasteiger partial charge in [-0.1, -0.05) is 36.4 Å². The van der Waals surface area contributed by atoms with E-state index < -0.39 is 10.1 Å². The predicted molar refractivity (Wildman–Crippen MR) is 49.6 cm³/mol. The average molecular weight is 212 g/mol. The van der Waals surface area contributed by atoms with E-state index in [1.54, 1.807) is 0 Å². The maximum atomic E-state index is 9.56. The molecule has 0 atom stereocenters. The fourth-order valence-corrected chi connectivity index (χ4v) is 0.385. The van der Waals surface area contributed by atoms with E-state index in [0.717, 1.165) is 0 Å². The van der Waals surface area contributed by atoms with Crippen LogP contribution in [0, 0.1) is 0 Å². The maximum absolute atomic E-state index is 9.56. The first-order valence-corrected chi connectivity index (χ1v) is 5.12. The summed E-state index contributed by atoms with van der Waals surface area (Å²) in [5.41, 5.74) is 0. The van der Waals surface area contributed by atoms with Gasteiger partial charge in [-0.25, -0.2) is 0 Å². The SMILES string of the molecule is CCS(=O)(=O)O.[H-].[Na+].c1ccccc1. The van der Waals surface area contributed by atoms with Gasteiger partial charge in [0.1, 0.15) is 0 Å². The number of benzene rings is 1. The first-order chi connectivity index (χ1) is 5.56. The van der Waals surface area contributed by atoms with Crippen LogP contribution < -0.4 is 29.6 Å². The Labute approximate surface area is 103 Å². The molecule has 0 fully saturated rings. The molecular formula is C8H13NaO3S. The molecule has 0 spiro atoms. The molecule has 0 aliphatic carbocycles. The first kappa shape index (κ1) is 15.6. The van der Waals surface area contributed by atoms with Gasteiger partial charge >= 0.3 is 29.6 Å². The van der Waals surface area contributed by atoms with Crippen molar-refractivity contribution in [2.45, 2.75) is 6.92 Å². The third-order valence-corrected chi connectivity index (χ3v) is 1.76. The molecule has 1 rings (SSSR count). The molecule has 0 aliphatic rings. The van der Waals surface area contributed by atoms with Crippen molar-refractivity contribution in [1.29, 1.82) is 0 Å². The second-order valence-corrected chi connectivity index (χ2v) is 3.77. The van der Waals surface area contributed by atoms with Crippen LogP contribution in [0.1, 0.15) is 8.35 Å². The van der Waals surface area contributed by atoms with Crippen LogP contribution in [0.5, 0.6) is 0 Å². The van der Waals surface area contributed by atoms with Crippen LogP contribution in [0.3, 0.4) is 0 Å². The molecule has 13 heavy (non-hydrogen) atoms. The quantitative estimate of drug-likeness (QED) is 0.465. The van der Waals surface area contributed by atoms with Crippen molar-refractivity contribution in [3.63, 3.8) is 0 Å². The molecule has 0 radical (unpaired) electrons. The largest absolute Gasteiger partial charge is 1.00 e. The third kappa shape index (κ3) is 14.9. The molecule has 3 nitrogen and oxygen atoms in total. The van der Waals surface area contributed by atoms with Crippen molar-refractivity contribution in [1.82, 2.24) is 0 Å². The van der Waals surface area contributed by atoms with Crippen LogP contribution in [-0.4, -0.2) is 18.7 Å². The minimum Gasteiger partial charge on any atom is -1.00 e. The Balaban J connectivity index is -0.000000151. The Bertz CT molecular complexity index is 262. The zero-order chi connectivity index (χ0) is 9.45. The average Bonchev–Trinajstić information content (AvgIpc) is 2.07. The van der Waals surface area contributed by atoms with Crippen molar-refractivity contribution in [2.24, 2.45) is 0 Å². The summed E-state index contributed by atoms with van der Waals surface area (Å²) in [4.78, 5) is 0. The zero-order valence-corrected chi connectivity index (χ0v) is 10.7. The van der Waals surface area contributed by atoms with E-state index >= 15 is 0 Å². The van der Waals surface area contributed by atoms with E-state index in [1.165, 1.54) is 6.92 Å². The topological polar surface area (TPSA) is 54.4 Å². The Morgan fingerprint density at radius 3 is 1.31 bits per heavy atom. The summed E-state index contributed by atoms with van der Waals surface area (Å²) in [6, 6.07) is 12.0. The summed E-state index contributed by atoms with van der Waals surface area (Å²) < 4.78 is 26.9. The Kier molecular flexibility index (Phi) is 10.5. The van der Waals surface area contributed by atoms with Gasteiger partial charge < -0.3 is 1.43 Å². The van der Waals surface area contributed by atoms with Crippen LogP contribution in [0.2, 0.25) is 0 Å². The van der Waals surface area contributed by atoms with E-state index in [4.69, 9.17) is 4.55 Å². The monoisotopic (exact) mass is 212 g/mol. The summed E-state index contributed by atoms with van der Waals surface area (Å²) in [6.45, 7) is 1.37. The van der Waals surface area contributed by atoms with Gasteiger partial charge in [0.2, 0.25) is 0 Å². The fraction of sp³-hybridized carbons (Fsp3) is 0.250. The van der Waals surface area contributed by atoms with Crippen molar-refractivity contribution >= 4 is 10.1 Å². The van der Waals surface area contributed by atoms with Gasteiger partial charge in [-0.15, -0.1) is 0 Å². The van der Waals surface area contributed by atoms with Crippen molar-refractivity contribution in [2.75, 3.05) is 5.75 Å². The fourth-order valence-electron chi connectivity index (χ4n) is 0.385. The Hall–Kier alpha value is 0.130. The Morgan fingerprint density at radius 2 is 1.23 bits per heavy atom. The molecule has 0 unspecified atom stereocenters. The van der Waals surface area contributed by atoms with Crippen LogP contribution in [0.25, 0.3) is 0 Å². The molecule has 0 aliphatic heterocycles. The first-order valence-electron chi connectivity index (χ1n) is 3.51. The standard InChI is InChI=1S/C6H6.C2H6O3S.Na.H/c1-2-4-6-5-3-1;1-2-6(3,4)5;;/h1-6H;2H2,1H3,(H,3,4,5);;/q;;+1;-1. The predicted octanol–water partition coefficient (Wildman–Crippen LogP) is -1.30. The third-order valence-electron chi connectivity index (χ3n) is 1.03. The normalized spacial score (nSPS) is 9.08. The molecule has 0 saturated heterocycles. The van der Waals surface area contributed by atoms with Crippen LogP contribution in [0.15, 0.2) is 36.4 Å². The minimum atomic E-state index is -3.66. The summed E-state index contributed by atoms with van der Waals surface area (Å²) in [5, 5.41) is 0. The summed E-state index contributed by atoms with van der Waals surface area (Å²) in [7, 11) is -3.66. The van der Waals surface area contributed by atoms with Gasteiger partial charge in [0.15, 0.2) is 0 Å². The van der Waals surface area contributed by atoms with E-state index in [0.29, 0.717) is 0 Å². The molecule has 0 saturated carbocycles. The van der Waals surface area contributed by atoms with Gasteiger partial charge in [0.05, 0.1) is 5.75 Å². The second kappa shape index (κ2) is 8.72. The van der Waals surface area contributed by atoms with E-state index in [-0.39, 0.29) is 36.7 Å². The molecule has 0 amide bonds. The van der Waals surface area contributed by atoms with Gasteiger partial charge in [-0.05, 0) is 6.92 Å². The van der Waals surface area contributed by atoms with Crippen molar-refractivity contribution < 1.29 is 44.0 Å². The molecular weight excluding hydrogens is 199 g/mol. The van der Waals surface area contributed by atoms with Crippen LogP contribution in [0.4, 0.5) is 0 Å². The number of hydrogen-bond acceptors (Lipinski definition) is 2.